The lowest BCUT2D eigenvalue weighted by Gasteiger charge is -2.14. The van der Waals surface area contributed by atoms with E-state index in [1.165, 1.54) is 7.11 Å². The van der Waals surface area contributed by atoms with Crippen LogP contribution in [0.15, 0.2) is 23.1 Å². The van der Waals surface area contributed by atoms with Gasteiger partial charge in [0.2, 0.25) is 10.0 Å². The molecule has 1 atom stereocenters. The number of hydrogen-bond acceptors (Lipinski definition) is 4. The van der Waals surface area contributed by atoms with E-state index < -0.39 is 10.0 Å². The Balaban J connectivity index is 2.18. The Bertz CT molecular complexity index is 550. The summed E-state index contributed by atoms with van der Waals surface area (Å²) < 4.78 is 38.0. The molecule has 0 bridgehead atoms. The third-order valence-electron chi connectivity index (χ3n) is 3.45. The van der Waals surface area contributed by atoms with Crippen LogP contribution in [0.3, 0.4) is 0 Å². The zero-order chi connectivity index (χ0) is 14.6. The molecule has 1 N–H and O–H groups in total. The first-order valence-corrected chi connectivity index (χ1v) is 8.33. The van der Waals surface area contributed by atoms with Gasteiger partial charge in [-0.25, -0.2) is 13.1 Å². The Morgan fingerprint density at radius 3 is 2.85 bits per heavy atom. The molecule has 2 rings (SSSR count). The minimum absolute atomic E-state index is 0.0230. The lowest BCUT2D eigenvalue weighted by molar-refractivity contribution is 0.114. The van der Waals surface area contributed by atoms with Crippen LogP contribution in [-0.4, -0.2) is 34.8 Å². The van der Waals surface area contributed by atoms with Crippen LogP contribution in [0.1, 0.15) is 25.3 Å². The first-order chi connectivity index (χ1) is 9.56. The maximum atomic E-state index is 12.4. The van der Waals surface area contributed by atoms with Crippen molar-refractivity contribution in [2.24, 2.45) is 0 Å². The van der Waals surface area contributed by atoms with E-state index in [1.807, 2.05) is 13.0 Å². The van der Waals surface area contributed by atoms with Crippen LogP contribution in [0.2, 0.25) is 0 Å². The summed E-state index contributed by atoms with van der Waals surface area (Å²) in [4.78, 5) is 0.192. The standard InChI is InChI=1S/C14H21NO4S/c1-3-11-6-7-13(18-2)14(9-11)20(16,17)15-10-12-5-4-8-19-12/h6-7,9,12,15H,3-5,8,10H2,1-2H3. The van der Waals surface area contributed by atoms with Gasteiger partial charge >= 0.3 is 0 Å². The SMILES string of the molecule is CCc1ccc(OC)c(S(=O)(=O)NCC2CCCO2)c1. The molecule has 112 valence electrons. The normalized spacial score (nSPS) is 19.2. The van der Waals surface area contributed by atoms with Gasteiger partial charge in [-0.15, -0.1) is 0 Å². The number of methoxy groups -OCH3 is 1. The number of sulfonamides is 1. The van der Waals surface area contributed by atoms with Crippen LogP contribution >= 0.6 is 0 Å². The van der Waals surface area contributed by atoms with Gasteiger partial charge in [0.25, 0.3) is 0 Å². The van der Waals surface area contributed by atoms with Crippen molar-refractivity contribution in [3.8, 4) is 5.75 Å². The summed E-state index contributed by atoms with van der Waals surface area (Å²) in [6.45, 7) is 3.00. The lowest BCUT2D eigenvalue weighted by Crippen LogP contribution is -2.32. The van der Waals surface area contributed by atoms with E-state index in [0.29, 0.717) is 18.9 Å². The Labute approximate surface area is 120 Å². The molecule has 0 radical (unpaired) electrons. The van der Waals surface area contributed by atoms with Gasteiger partial charge in [-0.3, -0.25) is 0 Å². The van der Waals surface area contributed by atoms with Crippen molar-refractivity contribution in [2.75, 3.05) is 20.3 Å². The summed E-state index contributed by atoms with van der Waals surface area (Å²) >= 11 is 0. The molecule has 6 heteroatoms. The number of rotatable bonds is 6. The molecular weight excluding hydrogens is 278 g/mol. The highest BCUT2D eigenvalue weighted by Gasteiger charge is 2.23. The number of hydrogen-bond donors (Lipinski definition) is 1. The van der Waals surface area contributed by atoms with Crippen LogP contribution in [0.25, 0.3) is 0 Å². The number of ether oxygens (including phenoxy) is 2. The van der Waals surface area contributed by atoms with Gasteiger partial charge in [-0.05, 0) is 37.0 Å². The number of benzene rings is 1. The van der Waals surface area contributed by atoms with Crippen LogP contribution in [0.4, 0.5) is 0 Å². The van der Waals surface area contributed by atoms with E-state index in [2.05, 4.69) is 4.72 Å². The van der Waals surface area contributed by atoms with Gasteiger partial charge in [-0.2, -0.15) is 0 Å². The highest BCUT2D eigenvalue weighted by Crippen LogP contribution is 2.25. The van der Waals surface area contributed by atoms with Crippen molar-refractivity contribution >= 4 is 10.0 Å². The van der Waals surface area contributed by atoms with Gasteiger partial charge in [0.05, 0.1) is 13.2 Å². The fraction of sp³-hybridized carbons (Fsp3) is 0.571. The Morgan fingerprint density at radius 2 is 2.25 bits per heavy atom. The minimum Gasteiger partial charge on any atom is -0.495 e. The highest BCUT2D eigenvalue weighted by molar-refractivity contribution is 7.89. The molecule has 1 unspecified atom stereocenters. The molecule has 1 fully saturated rings. The summed E-state index contributed by atoms with van der Waals surface area (Å²) in [5.74, 6) is 0.363. The molecule has 0 aliphatic carbocycles. The molecule has 1 saturated heterocycles. The monoisotopic (exact) mass is 299 g/mol. The molecule has 1 aliphatic heterocycles. The minimum atomic E-state index is -3.58. The molecule has 1 heterocycles. The van der Waals surface area contributed by atoms with Crippen molar-refractivity contribution in [3.05, 3.63) is 23.8 Å². The van der Waals surface area contributed by atoms with Crippen LogP contribution in [0, 0.1) is 0 Å². The zero-order valence-electron chi connectivity index (χ0n) is 11.9. The van der Waals surface area contributed by atoms with Crippen LogP contribution in [0.5, 0.6) is 5.75 Å². The zero-order valence-corrected chi connectivity index (χ0v) is 12.7. The topological polar surface area (TPSA) is 64.6 Å². The number of nitrogens with one attached hydrogen (secondary N) is 1. The third kappa shape index (κ3) is 3.50. The van der Waals surface area contributed by atoms with Crippen molar-refractivity contribution in [1.29, 1.82) is 0 Å². The lowest BCUT2D eigenvalue weighted by atomic mass is 10.2. The second-order valence-electron chi connectivity index (χ2n) is 4.83. The average molecular weight is 299 g/mol. The highest BCUT2D eigenvalue weighted by atomic mass is 32.2. The summed E-state index contributed by atoms with van der Waals surface area (Å²) in [6, 6.07) is 5.23. The average Bonchev–Trinajstić information content (AvgIpc) is 2.98. The predicted molar refractivity (Wildman–Crippen MR) is 76.5 cm³/mol. The molecule has 1 aromatic carbocycles. The molecule has 1 aliphatic rings. The van der Waals surface area contributed by atoms with E-state index in [-0.39, 0.29) is 11.0 Å². The molecule has 0 spiro atoms. The van der Waals surface area contributed by atoms with E-state index in [9.17, 15) is 8.42 Å². The third-order valence-corrected chi connectivity index (χ3v) is 4.90. The molecule has 0 saturated carbocycles. The maximum Gasteiger partial charge on any atom is 0.244 e. The van der Waals surface area contributed by atoms with E-state index >= 15 is 0 Å². The quantitative estimate of drug-likeness (QED) is 0.868. The predicted octanol–water partition coefficient (Wildman–Crippen LogP) is 1.71. The van der Waals surface area contributed by atoms with Gasteiger partial charge < -0.3 is 9.47 Å². The molecule has 1 aromatic rings. The fourth-order valence-electron chi connectivity index (χ4n) is 2.24. The van der Waals surface area contributed by atoms with Gasteiger partial charge in [0.15, 0.2) is 0 Å². The largest absolute Gasteiger partial charge is 0.495 e. The van der Waals surface area contributed by atoms with Gasteiger partial charge in [-0.1, -0.05) is 13.0 Å². The van der Waals surface area contributed by atoms with Crippen molar-refractivity contribution in [2.45, 2.75) is 37.2 Å². The van der Waals surface area contributed by atoms with Crippen molar-refractivity contribution < 1.29 is 17.9 Å². The molecule has 5 nitrogen and oxygen atoms in total. The van der Waals surface area contributed by atoms with Crippen LogP contribution in [-0.2, 0) is 21.2 Å². The molecule has 20 heavy (non-hydrogen) atoms. The van der Waals surface area contributed by atoms with Crippen molar-refractivity contribution in [1.82, 2.24) is 4.72 Å². The Hall–Kier alpha value is -1.11. The first kappa shape index (κ1) is 15.3. The van der Waals surface area contributed by atoms with Gasteiger partial charge in [0.1, 0.15) is 10.6 Å². The summed E-state index contributed by atoms with van der Waals surface area (Å²) in [6.07, 6.45) is 2.64. The Kier molecular flexibility index (Phi) is 5.01. The van der Waals surface area contributed by atoms with E-state index in [4.69, 9.17) is 9.47 Å². The second-order valence-corrected chi connectivity index (χ2v) is 6.56. The molecule has 0 amide bonds. The Morgan fingerprint density at radius 1 is 1.45 bits per heavy atom. The van der Waals surface area contributed by atoms with Crippen LogP contribution < -0.4 is 9.46 Å². The number of aryl methyl sites for hydroxylation is 1. The second kappa shape index (κ2) is 6.56. The van der Waals surface area contributed by atoms with E-state index in [0.717, 1.165) is 24.8 Å². The molecule has 0 aromatic heterocycles. The maximum absolute atomic E-state index is 12.4. The van der Waals surface area contributed by atoms with Gasteiger partial charge in [0, 0.05) is 13.2 Å². The first-order valence-electron chi connectivity index (χ1n) is 6.85. The molecular formula is C14H21NO4S. The summed E-state index contributed by atoms with van der Waals surface area (Å²) in [5.41, 5.74) is 0.961. The van der Waals surface area contributed by atoms with E-state index in [1.54, 1.807) is 12.1 Å². The fourth-order valence-corrected chi connectivity index (χ4v) is 3.52. The van der Waals surface area contributed by atoms with Crippen molar-refractivity contribution in [3.63, 3.8) is 0 Å². The summed E-state index contributed by atoms with van der Waals surface area (Å²) in [7, 11) is -2.11. The summed E-state index contributed by atoms with van der Waals surface area (Å²) in [5, 5.41) is 0. The smallest absolute Gasteiger partial charge is 0.244 e.